The SMILES string of the molecule is C=C(c1cc2cnc(Nc3ccc(C4CCCNC4)cc3)nc2n(C2Cc3ccccc3NS2(=O)=O)c1=O)C1CC1. The molecule has 2 unspecified atom stereocenters. The molecule has 41 heavy (non-hydrogen) atoms. The number of pyridine rings is 1. The standard InChI is InChI=1S/C31H32N6O3S/c1-19(20-8-9-20)26-15-24-18-33-31(34-25-12-10-21(11-13-25)23-6-4-14-32-17-23)35-29(24)37(30(26)38)28-16-22-5-2-3-7-27(22)36-41(28,39)40/h2-3,5,7,10-13,15,18,20,23,28,32,36H,1,4,6,8-9,14,16-17H2,(H,33,34,35). The summed E-state index contributed by atoms with van der Waals surface area (Å²) in [5.41, 5.74) is 4.47. The lowest BCUT2D eigenvalue weighted by atomic mass is 9.92. The molecule has 10 heteroatoms. The zero-order chi connectivity index (χ0) is 28.1. The maximum absolute atomic E-state index is 14.0. The van der Waals surface area contributed by atoms with E-state index in [4.69, 9.17) is 4.98 Å². The van der Waals surface area contributed by atoms with Gasteiger partial charge in [0.1, 0.15) is 5.65 Å². The maximum atomic E-state index is 14.0. The fraction of sp³-hybridized carbons (Fsp3) is 0.323. The van der Waals surface area contributed by atoms with Gasteiger partial charge in [-0.2, -0.15) is 4.98 Å². The van der Waals surface area contributed by atoms with Crippen molar-refractivity contribution in [3.8, 4) is 0 Å². The summed E-state index contributed by atoms with van der Waals surface area (Å²) in [5, 5.41) is 6.11. The lowest BCUT2D eigenvalue weighted by molar-refractivity contribution is 0.461. The lowest BCUT2D eigenvalue weighted by Gasteiger charge is -2.28. The molecule has 210 valence electrons. The van der Waals surface area contributed by atoms with E-state index < -0.39 is 21.0 Å². The van der Waals surface area contributed by atoms with Gasteiger partial charge in [-0.1, -0.05) is 36.9 Å². The van der Waals surface area contributed by atoms with Gasteiger partial charge in [-0.3, -0.25) is 14.1 Å². The van der Waals surface area contributed by atoms with Crippen LogP contribution in [0.2, 0.25) is 0 Å². The number of hydrogen-bond donors (Lipinski definition) is 3. The molecule has 4 heterocycles. The van der Waals surface area contributed by atoms with Gasteiger partial charge < -0.3 is 10.6 Å². The number of nitrogens with zero attached hydrogens (tertiary/aromatic N) is 3. The van der Waals surface area contributed by atoms with Crippen molar-refractivity contribution in [1.82, 2.24) is 19.9 Å². The van der Waals surface area contributed by atoms with Crippen LogP contribution in [0.4, 0.5) is 17.3 Å². The Hall–Kier alpha value is -4.02. The average Bonchev–Trinajstić information content (AvgIpc) is 3.83. The molecule has 3 N–H and O–H groups in total. The second-order valence-electron chi connectivity index (χ2n) is 11.3. The number of allylic oxidation sites excluding steroid dienone is 1. The minimum atomic E-state index is -3.94. The van der Waals surface area contributed by atoms with Crippen LogP contribution >= 0.6 is 0 Å². The summed E-state index contributed by atoms with van der Waals surface area (Å²) in [7, 11) is -3.94. The average molecular weight is 569 g/mol. The molecular weight excluding hydrogens is 536 g/mol. The van der Waals surface area contributed by atoms with E-state index in [1.54, 1.807) is 24.4 Å². The fourth-order valence-corrected chi connectivity index (χ4v) is 7.49. The molecule has 4 aromatic rings. The first-order chi connectivity index (χ1) is 19.9. The van der Waals surface area contributed by atoms with Gasteiger partial charge in [0, 0.05) is 35.8 Å². The molecule has 3 aliphatic rings. The number of aromatic nitrogens is 3. The van der Waals surface area contributed by atoms with E-state index in [0.29, 0.717) is 22.6 Å². The van der Waals surface area contributed by atoms with Crippen LogP contribution in [0.25, 0.3) is 16.6 Å². The number of fused-ring (bicyclic) bond motifs is 2. The van der Waals surface area contributed by atoms with Crippen molar-refractivity contribution in [1.29, 1.82) is 0 Å². The molecule has 2 atom stereocenters. The number of para-hydroxylation sites is 1. The number of piperidine rings is 1. The predicted molar refractivity (Wildman–Crippen MR) is 162 cm³/mol. The van der Waals surface area contributed by atoms with Gasteiger partial charge in [-0.25, -0.2) is 13.4 Å². The topological polar surface area (TPSA) is 118 Å². The molecule has 0 spiro atoms. The van der Waals surface area contributed by atoms with E-state index >= 15 is 0 Å². The summed E-state index contributed by atoms with van der Waals surface area (Å²) in [5.74, 6) is 1.03. The van der Waals surface area contributed by atoms with E-state index in [1.807, 2.05) is 24.3 Å². The van der Waals surface area contributed by atoms with E-state index in [1.165, 1.54) is 23.0 Å². The van der Waals surface area contributed by atoms with Crippen LogP contribution in [0.5, 0.6) is 0 Å². The van der Waals surface area contributed by atoms with Crippen molar-refractivity contribution in [2.24, 2.45) is 5.92 Å². The van der Waals surface area contributed by atoms with Gasteiger partial charge in [-0.15, -0.1) is 0 Å². The van der Waals surface area contributed by atoms with Crippen molar-refractivity contribution >= 4 is 44.0 Å². The van der Waals surface area contributed by atoms with Gasteiger partial charge in [-0.05, 0) is 85.0 Å². The smallest absolute Gasteiger partial charge is 0.260 e. The summed E-state index contributed by atoms with van der Waals surface area (Å²) in [6.45, 7) is 6.25. The van der Waals surface area contributed by atoms with Crippen molar-refractivity contribution < 1.29 is 8.42 Å². The molecular formula is C31H32N6O3S. The summed E-state index contributed by atoms with van der Waals surface area (Å²) in [4.78, 5) is 23.3. The summed E-state index contributed by atoms with van der Waals surface area (Å²) >= 11 is 0. The molecule has 9 nitrogen and oxygen atoms in total. The monoisotopic (exact) mass is 568 g/mol. The molecule has 2 aliphatic heterocycles. The molecule has 1 saturated carbocycles. The molecule has 1 aliphatic carbocycles. The molecule has 1 saturated heterocycles. The fourth-order valence-electron chi connectivity index (χ4n) is 5.98. The molecule has 7 rings (SSSR count). The van der Waals surface area contributed by atoms with E-state index in [0.717, 1.165) is 42.8 Å². The van der Waals surface area contributed by atoms with Crippen LogP contribution in [-0.2, 0) is 16.4 Å². The van der Waals surface area contributed by atoms with Gasteiger partial charge in [0.25, 0.3) is 15.6 Å². The number of nitrogens with one attached hydrogen (secondary N) is 3. The Morgan fingerprint density at radius 3 is 2.63 bits per heavy atom. The Morgan fingerprint density at radius 1 is 1.07 bits per heavy atom. The second-order valence-corrected chi connectivity index (χ2v) is 13.1. The summed E-state index contributed by atoms with van der Waals surface area (Å²) in [6, 6.07) is 17.2. The Bertz CT molecular complexity index is 1820. The Kier molecular flexibility index (Phi) is 6.39. The van der Waals surface area contributed by atoms with E-state index in [9.17, 15) is 13.2 Å². The Labute approximate surface area is 238 Å². The number of anilines is 3. The number of sulfonamides is 1. The summed E-state index contributed by atoms with van der Waals surface area (Å²) in [6.07, 6.45) is 6.08. The third kappa shape index (κ3) is 4.91. The highest BCUT2D eigenvalue weighted by molar-refractivity contribution is 7.92. The van der Waals surface area contributed by atoms with Gasteiger partial charge in [0.15, 0.2) is 5.37 Å². The van der Waals surface area contributed by atoms with Gasteiger partial charge in [0.2, 0.25) is 5.95 Å². The van der Waals surface area contributed by atoms with Gasteiger partial charge in [0.05, 0.1) is 5.69 Å². The Balaban J connectivity index is 1.30. The normalized spacial score (nSPS) is 21.6. The van der Waals surface area contributed by atoms with Gasteiger partial charge >= 0.3 is 0 Å². The third-order valence-corrected chi connectivity index (χ3v) is 10.0. The first-order valence-electron chi connectivity index (χ1n) is 14.2. The maximum Gasteiger partial charge on any atom is 0.260 e. The van der Waals surface area contributed by atoms with Crippen LogP contribution in [0, 0.1) is 5.92 Å². The van der Waals surface area contributed by atoms with Crippen LogP contribution < -0.4 is 20.9 Å². The molecule has 2 aromatic carbocycles. The molecule has 2 aromatic heterocycles. The third-order valence-electron chi connectivity index (χ3n) is 8.43. The van der Waals surface area contributed by atoms with Crippen LogP contribution in [0.1, 0.15) is 53.7 Å². The molecule has 0 bridgehead atoms. The number of benzene rings is 2. The molecule has 2 fully saturated rings. The summed E-state index contributed by atoms with van der Waals surface area (Å²) < 4.78 is 31.1. The highest BCUT2D eigenvalue weighted by atomic mass is 32.2. The van der Waals surface area contributed by atoms with Crippen LogP contribution in [-0.4, -0.2) is 36.0 Å². The van der Waals surface area contributed by atoms with Crippen molar-refractivity contribution in [2.45, 2.75) is 43.4 Å². The Morgan fingerprint density at radius 2 is 1.88 bits per heavy atom. The van der Waals surface area contributed by atoms with Crippen LogP contribution in [0.3, 0.4) is 0 Å². The minimum Gasteiger partial charge on any atom is -0.324 e. The highest BCUT2D eigenvalue weighted by Crippen LogP contribution is 2.41. The van der Waals surface area contributed by atoms with E-state index in [-0.39, 0.29) is 23.9 Å². The number of hydrogen-bond acceptors (Lipinski definition) is 7. The largest absolute Gasteiger partial charge is 0.324 e. The molecule has 0 radical (unpaired) electrons. The number of rotatable bonds is 6. The van der Waals surface area contributed by atoms with Crippen molar-refractivity contribution in [3.63, 3.8) is 0 Å². The molecule has 0 amide bonds. The first kappa shape index (κ1) is 25.9. The first-order valence-corrected chi connectivity index (χ1v) is 15.7. The lowest BCUT2D eigenvalue weighted by Crippen LogP contribution is -2.39. The van der Waals surface area contributed by atoms with E-state index in [2.05, 4.69) is 39.1 Å². The van der Waals surface area contributed by atoms with Crippen LogP contribution in [0.15, 0.2) is 72.2 Å². The predicted octanol–water partition coefficient (Wildman–Crippen LogP) is 4.92. The minimum absolute atomic E-state index is 0.143. The zero-order valence-electron chi connectivity index (χ0n) is 22.6. The highest BCUT2D eigenvalue weighted by Gasteiger charge is 2.37. The van der Waals surface area contributed by atoms with Crippen molar-refractivity contribution in [3.05, 3.63) is 94.4 Å². The zero-order valence-corrected chi connectivity index (χ0v) is 23.5. The quantitative estimate of drug-likeness (QED) is 0.302. The second kappa shape index (κ2) is 10.1. The van der Waals surface area contributed by atoms with Crippen molar-refractivity contribution in [2.75, 3.05) is 23.1 Å².